The first-order chi connectivity index (χ1) is 9.52. The number of rotatable bonds is 5. The number of carbonyl (C=O) groups excluding carboxylic acids is 2. The molecule has 0 atom stereocenters. The van der Waals surface area contributed by atoms with E-state index in [-0.39, 0.29) is 0 Å². The van der Waals surface area contributed by atoms with E-state index in [1.165, 1.54) is 6.08 Å². The number of hydrogen-bond acceptors (Lipinski definition) is 4. The lowest BCUT2D eigenvalue weighted by molar-refractivity contribution is -0.142. The summed E-state index contributed by atoms with van der Waals surface area (Å²) in [5.41, 5.74) is 4.19. The quantitative estimate of drug-likeness (QED) is 0.488. The van der Waals surface area contributed by atoms with Gasteiger partial charge in [0, 0.05) is 23.9 Å². The third kappa shape index (κ3) is 5.39. The molecule has 0 saturated heterocycles. The van der Waals surface area contributed by atoms with E-state index in [2.05, 4.69) is 22.2 Å². The van der Waals surface area contributed by atoms with Gasteiger partial charge in [-0.3, -0.25) is 4.79 Å². The van der Waals surface area contributed by atoms with Gasteiger partial charge in [0.1, 0.15) is 0 Å². The van der Waals surface area contributed by atoms with Crippen molar-refractivity contribution in [1.82, 2.24) is 10.8 Å². The van der Waals surface area contributed by atoms with Gasteiger partial charge in [0.05, 0.1) is 0 Å². The Labute approximate surface area is 118 Å². The number of aryl methyl sites for hydroxylation is 1. The number of amides is 1. The molecule has 1 aromatic rings. The second-order valence-corrected chi connectivity index (χ2v) is 4.22. The summed E-state index contributed by atoms with van der Waals surface area (Å²) < 4.78 is 0. The summed E-state index contributed by atoms with van der Waals surface area (Å²) in [5, 5.41) is 2.92. The second kappa shape index (κ2) is 7.78. The molecular formula is C15H18N2O3. The zero-order chi connectivity index (χ0) is 15.0. The number of hydroxylamine groups is 1. The van der Waals surface area contributed by atoms with Gasteiger partial charge in [-0.15, -0.1) is 6.58 Å². The standard InChI is InChI=1S/C15H18N2O3/c1-4-9-16-12(3)10-14(18)20-17-15(19)13-7-5-11(2)6-8-13/h4-8,10,16H,1,9H2,2-3H3,(H,17,19). The predicted octanol–water partition coefficient (Wildman–Crippen LogP) is 1.86. The van der Waals surface area contributed by atoms with Gasteiger partial charge in [-0.1, -0.05) is 23.8 Å². The smallest absolute Gasteiger partial charge is 0.357 e. The molecule has 0 aliphatic rings. The Balaban J connectivity index is 2.46. The summed E-state index contributed by atoms with van der Waals surface area (Å²) in [6, 6.07) is 6.93. The van der Waals surface area contributed by atoms with Crippen LogP contribution in [0.25, 0.3) is 0 Å². The topological polar surface area (TPSA) is 67.4 Å². The average molecular weight is 274 g/mol. The number of hydrogen-bond donors (Lipinski definition) is 2. The summed E-state index contributed by atoms with van der Waals surface area (Å²) in [7, 11) is 0. The molecule has 0 aliphatic carbocycles. The molecule has 0 saturated carbocycles. The lowest BCUT2D eigenvalue weighted by Crippen LogP contribution is -2.26. The number of carbonyl (C=O) groups is 2. The highest BCUT2D eigenvalue weighted by molar-refractivity contribution is 5.94. The van der Waals surface area contributed by atoms with Crippen molar-refractivity contribution in [3.05, 3.63) is 59.8 Å². The van der Waals surface area contributed by atoms with Crippen LogP contribution in [0.1, 0.15) is 22.8 Å². The van der Waals surface area contributed by atoms with Gasteiger partial charge in [0.15, 0.2) is 0 Å². The molecule has 0 spiro atoms. The third-order valence-electron chi connectivity index (χ3n) is 2.42. The Kier molecular flexibility index (Phi) is 6.03. The van der Waals surface area contributed by atoms with Crippen molar-refractivity contribution in [2.24, 2.45) is 0 Å². The highest BCUT2D eigenvalue weighted by Crippen LogP contribution is 2.02. The fraction of sp³-hybridized carbons (Fsp3) is 0.200. The minimum absolute atomic E-state index is 0.425. The highest BCUT2D eigenvalue weighted by atomic mass is 16.7. The Hall–Kier alpha value is -2.56. The van der Waals surface area contributed by atoms with E-state index in [1.807, 2.05) is 6.92 Å². The Bertz CT molecular complexity index is 518. The third-order valence-corrected chi connectivity index (χ3v) is 2.42. The van der Waals surface area contributed by atoms with Crippen LogP contribution in [0.4, 0.5) is 0 Å². The summed E-state index contributed by atoms with van der Waals surface area (Å²) in [4.78, 5) is 27.8. The number of benzene rings is 1. The van der Waals surface area contributed by atoms with Crippen LogP contribution in [0.2, 0.25) is 0 Å². The molecule has 0 bridgehead atoms. The Morgan fingerprint density at radius 1 is 1.30 bits per heavy atom. The fourth-order valence-corrected chi connectivity index (χ4v) is 1.35. The van der Waals surface area contributed by atoms with E-state index in [4.69, 9.17) is 0 Å². The lowest BCUT2D eigenvalue weighted by Gasteiger charge is -2.05. The van der Waals surface area contributed by atoms with Crippen molar-refractivity contribution >= 4 is 11.9 Å². The van der Waals surface area contributed by atoms with Gasteiger partial charge >= 0.3 is 5.97 Å². The summed E-state index contributed by atoms with van der Waals surface area (Å²) in [5.74, 6) is -1.12. The maximum atomic E-state index is 11.7. The number of nitrogens with one attached hydrogen (secondary N) is 2. The molecule has 5 heteroatoms. The van der Waals surface area contributed by atoms with Crippen molar-refractivity contribution in [1.29, 1.82) is 0 Å². The lowest BCUT2D eigenvalue weighted by atomic mass is 10.1. The monoisotopic (exact) mass is 274 g/mol. The van der Waals surface area contributed by atoms with Crippen molar-refractivity contribution in [3.63, 3.8) is 0 Å². The first kappa shape index (κ1) is 15.5. The van der Waals surface area contributed by atoms with E-state index in [9.17, 15) is 9.59 Å². The molecule has 1 amide bonds. The van der Waals surface area contributed by atoms with Crippen molar-refractivity contribution in [3.8, 4) is 0 Å². The SMILES string of the molecule is C=CCNC(C)=CC(=O)ONC(=O)c1ccc(C)cc1. The molecule has 1 rings (SSSR count). The normalized spacial score (nSPS) is 10.6. The predicted molar refractivity (Wildman–Crippen MR) is 76.7 cm³/mol. The molecule has 0 aromatic heterocycles. The Morgan fingerprint density at radius 3 is 2.55 bits per heavy atom. The molecule has 0 heterocycles. The van der Waals surface area contributed by atoms with Gasteiger partial charge < -0.3 is 10.2 Å². The summed E-state index contributed by atoms with van der Waals surface area (Å²) in [6.07, 6.45) is 2.92. The second-order valence-electron chi connectivity index (χ2n) is 4.22. The minimum atomic E-state index is -0.653. The van der Waals surface area contributed by atoms with Crippen LogP contribution in [0.15, 0.2) is 48.7 Å². The molecule has 0 unspecified atom stereocenters. The largest absolute Gasteiger partial charge is 0.385 e. The number of allylic oxidation sites excluding steroid dienone is 1. The van der Waals surface area contributed by atoms with Crippen molar-refractivity contribution in [2.45, 2.75) is 13.8 Å². The van der Waals surface area contributed by atoms with Crippen LogP contribution in [-0.2, 0) is 9.63 Å². The average Bonchev–Trinajstić information content (AvgIpc) is 2.43. The van der Waals surface area contributed by atoms with Crippen LogP contribution < -0.4 is 10.8 Å². The van der Waals surface area contributed by atoms with Crippen LogP contribution in [-0.4, -0.2) is 18.4 Å². The van der Waals surface area contributed by atoms with Crippen molar-refractivity contribution < 1.29 is 14.4 Å². The zero-order valence-corrected chi connectivity index (χ0v) is 11.6. The molecule has 1 aromatic carbocycles. The van der Waals surface area contributed by atoms with Crippen LogP contribution in [0, 0.1) is 6.92 Å². The molecule has 0 aliphatic heterocycles. The highest BCUT2D eigenvalue weighted by Gasteiger charge is 2.07. The summed E-state index contributed by atoms with van der Waals surface area (Å²) >= 11 is 0. The van der Waals surface area contributed by atoms with Gasteiger partial charge in [-0.05, 0) is 26.0 Å². The fourth-order valence-electron chi connectivity index (χ4n) is 1.35. The zero-order valence-electron chi connectivity index (χ0n) is 11.6. The van der Waals surface area contributed by atoms with E-state index in [1.54, 1.807) is 37.3 Å². The molecule has 5 nitrogen and oxygen atoms in total. The van der Waals surface area contributed by atoms with E-state index < -0.39 is 11.9 Å². The van der Waals surface area contributed by atoms with E-state index >= 15 is 0 Å². The molecule has 0 fully saturated rings. The van der Waals surface area contributed by atoms with Crippen LogP contribution in [0.3, 0.4) is 0 Å². The van der Waals surface area contributed by atoms with E-state index in [0.29, 0.717) is 17.8 Å². The summed E-state index contributed by atoms with van der Waals surface area (Å²) in [6.45, 7) is 7.73. The molecular weight excluding hydrogens is 256 g/mol. The van der Waals surface area contributed by atoms with Gasteiger partial charge in [0.2, 0.25) is 0 Å². The molecule has 0 radical (unpaired) electrons. The van der Waals surface area contributed by atoms with E-state index in [0.717, 1.165) is 5.56 Å². The molecule has 20 heavy (non-hydrogen) atoms. The van der Waals surface area contributed by atoms with Crippen LogP contribution in [0.5, 0.6) is 0 Å². The van der Waals surface area contributed by atoms with Crippen LogP contribution >= 0.6 is 0 Å². The molecule has 2 N–H and O–H groups in total. The molecule has 106 valence electrons. The van der Waals surface area contributed by atoms with Crippen molar-refractivity contribution in [2.75, 3.05) is 6.54 Å². The Morgan fingerprint density at radius 2 is 1.95 bits per heavy atom. The maximum Gasteiger partial charge on any atom is 0.357 e. The minimum Gasteiger partial charge on any atom is -0.385 e. The maximum absolute atomic E-state index is 11.7. The van der Waals surface area contributed by atoms with Gasteiger partial charge in [0.25, 0.3) is 5.91 Å². The first-order valence-corrected chi connectivity index (χ1v) is 6.14. The van der Waals surface area contributed by atoms with Gasteiger partial charge in [-0.25, -0.2) is 4.79 Å². The van der Waals surface area contributed by atoms with Gasteiger partial charge in [-0.2, -0.15) is 5.48 Å². The first-order valence-electron chi connectivity index (χ1n) is 6.14.